The lowest BCUT2D eigenvalue weighted by Crippen LogP contribution is -2.36. The van der Waals surface area contributed by atoms with E-state index >= 15 is 0 Å². The standard InChI is InChI=1S/C21H24N6O/c1-16-24-20(23-15-17-6-8-22-9-7-17)14-21(25-16)26-18-4-2-3-5-19(18)27-10-12-28-13-11-27/h2-9,14H,10-13,15H2,1H3,(H2,23,24,25,26). The van der Waals surface area contributed by atoms with Crippen LogP contribution in [-0.2, 0) is 11.3 Å². The van der Waals surface area contributed by atoms with Gasteiger partial charge in [0.25, 0.3) is 0 Å². The van der Waals surface area contributed by atoms with E-state index in [-0.39, 0.29) is 0 Å². The highest BCUT2D eigenvalue weighted by molar-refractivity contribution is 5.75. The van der Waals surface area contributed by atoms with Crippen molar-refractivity contribution >= 4 is 23.0 Å². The van der Waals surface area contributed by atoms with Gasteiger partial charge in [0.15, 0.2) is 0 Å². The number of hydrogen-bond donors (Lipinski definition) is 2. The fraction of sp³-hybridized carbons (Fsp3) is 0.286. The molecule has 2 aromatic heterocycles. The summed E-state index contributed by atoms with van der Waals surface area (Å²) in [4.78, 5) is 15.4. The minimum Gasteiger partial charge on any atom is -0.378 e. The molecule has 28 heavy (non-hydrogen) atoms. The SMILES string of the molecule is Cc1nc(NCc2ccncc2)cc(Nc2ccccc2N2CCOCC2)n1. The van der Waals surface area contributed by atoms with Crippen LogP contribution in [0, 0.1) is 6.92 Å². The summed E-state index contributed by atoms with van der Waals surface area (Å²) >= 11 is 0. The molecule has 0 radical (unpaired) electrons. The molecule has 3 aromatic rings. The van der Waals surface area contributed by atoms with E-state index in [4.69, 9.17) is 4.74 Å². The van der Waals surface area contributed by atoms with Crippen molar-refractivity contribution in [2.75, 3.05) is 41.8 Å². The first-order valence-corrected chi connectivity index (χ1v) is 9.45. The average molecular weight is 376 g/mol. The second-order valence-corrected chi connectivity index (χ2v) is 6.64. The first-order chi connectivity index (χ1) is 13.8. The molecule has 0 bridgehead atoms. The van der Waals surface area contributed by atoms with Gasteiger partial charge in [0.1, 0.15) is 17.5 Å². The number of aryl methyl sites for hydroxylation is 1. The summed E-state index contributed by atoms with van der Waals surface area (Å²) in [5, 5.41) is 6.83. The fourth-order valence-electron chi connectivity index (χ4n) is 3.21. The number of anilines is 4. The maximum atomic E-state index is 5.48. The molecular weight excluding hydrogens is 352 g/mol. The summed E-state index contributed by atoms with van der Waals surface area (Å²) in [6.07, 6.45) is 3.58. The van der Waals surface area contributed by atoms with Gasteiger partial charge >= 0.3 is 0 Å². The van der Waals surface area contributed by atoms with Crippen molar-refractivity contribution in [3.63, 3.8) is 0 Å². The quantitative estimate of drug-likeness (QED) is 0.683. The van der Waals surface area contributed by atoms with Gasteiger partial charge in [-0.1, -0.05) is 12.1 Å². The van der Waals surface area contributed by atoms with Gasteiger partial charge in [0.05, 0.1) is 24.6 Å². The number of morpholine rings is 1. The highest BCUT2D eigenvalue weighted by atomic mass is 16.5. The molecule has 0 spiro atoms. The maximum Gasteiger partial charge on any atom is 0.136 e. The zero-order valence-corrected chi connectivity index (χ0v) is 15.9. The normalized spacial score (nSPS) is 14.0. The third-order valence-electron chi connectivity index (χ3n) is 4.58. The van der Waals surface area contributed by atoms with Crippen molar-refractivity contribution in [1.82, 2.24) is 15.0 Å². The first kappa shape index (κ1) is 18.2. The lowest BCUT2D eigenvalue weighted by molar-refractivity contribution is 0.123. The number of aromatic nitrogens is 3. The number of para-hydroxylation sites is 2. The van der Waals surface area contributed by atoms with E-state index in [0.717, 1.165) is 54.9 Å². The third kappa shape index (κ3) is 4.55. The lowest BCUT2D eigenvalue weighted by atomic mass is 10.2. The Morgan fingerprint density at radius 2 is 1.75 bits per heavy atom. The van der Waals surface area contributed by atoms with Crippen LogP contribution < -0.4 is 15.5 Å². The molecule has 0 saturated carbocycles. The van der Waals surface area contributed by atoms with Crippen LogP contribution in [0.1, 0.15) is 11.4 Å². The van der Waals surface area contributed by atoms with Crippen LogP contribution in [0.5, 0.6) is 0 Å². The van der Waals surface area contributed by atoms with Gasteiger partial charge in [-0.15, -0.1) is 0 Å². The lowest BCUT2D eigenvalue weighted by Gasteiger charge is -2.30. The topological polar surface area (TPSA) is 75.2 Å². The van der Waals surface area contributed by atoms with Gasteiger partial charge in [-0.25, -0.2) is 9.97 Å². The minimum absolute atomic E-state index is 0.683. The van der Waals surface area contributed by atoms with E-state index in [2.05, 4.69) is 48.7 Å². The molecule has 4 rings (SSSR count). The van der Waals surface area contributed by atoms with E-state index in [1.54, 1.807) is 12.4 Å². The summed E-state index contributed by atoms with van der Waals surface area (Å²) in [6, 6.07) is 14.2. The van der Waals surface area contributed by atoms with Crippen molar-refractivity contribution in [2.45, 2.75) is 13.5 Å². The Bertz CT molecular complexity index is 912. The van der Waals surface area contributed by atoms with Crippen LogP contribution in [-0.4, -0.2) is 41.3 Å². The number of nitrogens with zero attached hydrogens (tertiary/aromatic N) is 4. The largest absolute Gasteiger partial charge is 0.378 e. The molecule has 1 aliphatic rings. The smallest absolute Gasteiger partial charge is 0.136 e. The zero-order chi connectivity index (χ0) is 19.2. The van der Waals surface area contributed by atoms with Crippen LogP contribution >= 0.6 is 0 Å². The molecule has 1 aromatic carbocycles. The number of hydrogen-bond acceptors (Lipinski definition) is 7. The van der Waals surface area contributed by atoms with E-state index in [1.165, 1.54) is 0 Å². The molecule has 144 valence electrons. The van der Waals surface area contributed by atoms with Gasteiger partial charge in [-0.3, -0.25) is 4.98 Å². The van der Waals surface area contributed by atoms with E-state index in [0.29, 0.717) is 12.4 Å². The third-order valence-corrected chi connectivity index (χ3v) is 4.58. The van der Waals surface area contributed by atoms with Gasteiger partial charge in [-0.2, -0.15) is 0 Å². The monoisotopic (exact) mass is 376 g/mol. The predicted molar refractivity (Wildman–Crippen MR) is 111 cm³/mol. The Kier molecular flexibility index (Phi) is 5.63. The number of pyridine rings is 1. The van der Waals surface area contributed by atoms with Gasteiger partial charge < -0.3 is 20.3 Å². The van der Waals surface area contributed by atoms with Crippen LogP contribution in [0.4, 0.5) is 23.0 Å². The Balaban J connectivity index is 1.51. The Morgan fingerprint density at radius 1 is 1.00 bits per heavy atom. The van der Waals surface area contributed by atoms with Gasteiger partial charge in [-0.05, 0) is 36.8 Å². The Labute approximate surface area is 164 Å². The van der Waals surface area contributed by atoms with Crippen molar-refractivity contribution in [3.05, 3.63) is 66.2 Å². The van der Waals surface area contributed by atoms with Crippen molar-refractivity contribution in [3.8, 4) is 0 Å². The molecular formula is C21H24N6O. The summed E-state index contributed by atoms with van der Waals surface area (Å²) in [5.41, 5.74) is 3.34. The minimum atomic E-state index is 0.683. The summed E-state index contributed by atoms with van der Waals surface area (Å²) in [7, 11) is 0. The predicted octanol–water partition coefficient (Wildman–Crippen LogP) is 3.37. The molecule has 7 nitrogen and oxygen atoms in total. The van der Waals surface area contributed by atoms with Crippen LogP contribution in [0.2, 0.25) is 0 Å². The second kappa shape index (κ2) is 8.67. The van der Waals surface area contributed by atoms with Crippen molar-refractivity contribution < 1.29 is 4.74 Å². The first-order valence-electron chi connectivity index (χ1n) is 9.45. The van der Waals surface area contributed by atoms with Crippen LogP contribution in [0.3, 0.4) is 0 Å². The fourth-order valence-corrected chi connectivity index (χ4v) is 3.21. The molecule has 0 aliphatic carbocycles. The van der Waals surface area contributed by atoms with Crippen molar-refractivity contribution in [2.24, 2.45) is 0 Å². The molecule has 7 heteroatoms. The number of ether oxygens (including phenoxy) is 1. The Hall–Kier alpha value is -3.19. The van der Waals surface area contributed by atoms with Gasteiger partial charge in [0, 0.05) is 38.1 Å². The molecule has 2 N–H and O–H groups in total. The van der Waals surface area contributed by atoms with Gasteiger partial charge in [0.2, 0.25) is 0 Å². The molecule has 1 fully saturated rings. The highest BCUT2D eigenvalue weighted by Gasteiger charge is 2.15. The molecule has 3 heterocycles. The van der Waals surface area contributed by atoms with Crippen molar-refractivity contribution in [1.29, 1.82) is 0 Å². The molecule has 1 aliphatic heterocycles. The highest BCUT2D eigenvalue weighted by Crippen LogP contribution is 2.29. The van der Waals surface area contributed by atoms with E-state index in [1.807, 2.05) is 31.2 Å². The average Bonchev–Trinajstić information content (AvgIpc) is 2.74. The number of benzene rings is 1. The van der Waals surface area contributed by atoms with Crippen LogP contribution in [0.25, 0.3) is 0 Å². The van der Waals surface area contributed by atoms with Crippen LogP contribution in [0.15, 0.2) is 54.9 Å². The number of rotatable bonds is 6. The second-order valence-electron chi connectivity index (χ2n) is 6.64. The molecule has 0 atom stereocenters. The zero-order valence-electron chi connectivity index (χ0n) is 15.9. The van der Waals surface area contributed by atoms with E-state index < -0.39 is 0 Å². The Morgan fingerprint density at radius 3 is 2.57 bits per heavy atom. The molecule has 0 unspecified atom stereocenters. The maximum absolute atomic E-state index is 5.48. The van der Waals surface area contributed by atoms with E-state index in [9.17, 15) is 0 Å². The summed E-state index contributed by atoms with van der Waals surface area (Å²) in [5.74, 6) is 2.27. The number of nitrogens with one attached hydrogen (secondary N) is 2. The summed E-state index contributed by atoms with van der Waals surface area (Å²) in [6.45, 7) is 5.87. The molecule has 1 saturated heterocycles. The molecule has 0 amide bonds. The summed E-state index contributed by atoms with van der Waals surface area (Å²) < 4.78 is 5.48.